The molecule has 0 saturated carbocycles. The molecule has 0 aromatic rings. The predicted molar refractivity (Wildman–Crippen MR) is 144 cm³/mol. The number of nitrogens with two attached hydrogens (primary N) is 1. The Kier molecular flexibility index (Phi) is 24.1. The standard InChI is InChI=1S/C30H61N/c1-4-7-25-30(26-8-5-2,27-9-6-3)28-23-21-19-17-15-13-11-10-12-14-16-18-20-22-24-29-31/h10-11H,4-9,12-29,31H2,1-3H3. The Hall–Kier alpha value is -0.300. The molecule has 0 radical (unpaired) electrons. The Morgan fingerprint density at radius 2 is 0.806 bits per heavy atom. The highest BCUT2D eigenvalue weighted by molar-refractivity contribution is 4.82. The fourth-order valence-corrected chi connectivity index (χ4v) is 5.05. The summed E-state index contributed by atoms with van der Waals surface area (Å²) in [5.74, 6) is 0. The first-order valence-electron chi connectivity index (χ1n) is 14.6. The van der Waals surface area contributed by atoms with Crippen LogP contribution in [0.25, 0.3) is 0 Å². The lowest BCUT2D eigenvalue weighted by Gasteiger charge is -2.35. The smallest absolute Gasteiger partial charge is 0.00773 e. The molecule has 0 heterocycles. The van der Waals surface area contributed by atoms with Gasteiger partial charge < -0.3 is 5.73 Å². The Morgan fingerprint density at radius 1 is 0.452 bits per heavy atom. The summed E-state index contributed by atoms with van der Waals surface area (Å²) in [5, 5.41) is 0. The minimum absolute atomic E-state index is 0.676. The molecular formula is C30H61N. The molecule has 0 rings (SSSR count). The maximum absolute atomic E-state index is 5.54. The van der Waals surface area contributed by atoms with E-state index in [9.17, 15) is 0 Å². The van der Waals surface area contributed by atoms with Crippen LogP contribution in [0.5, 0.6) is 0 Å². The van der Waals surface area contributed by atoms with E-state index in [2.05, 4.69) is 32.9 Å². The number of hydrogen-bond acceptors (Lipinski definition) is 1. The highest BCUT2D eigenvalue weighted by Crippen LogP contribution is 2.41. The van der Waals surface area contributed by atoms with Gasteiger partial charge in [0.2, 0.25) is 0 Å². The summed E-state index contributed by atoms with van der Waals surface area (Å²) in [6.45, 7) is 7.96. The van der Waals surface area contributed by atoms with Crippen molar-refractivity contribution in [1.29, 1.82) is 0 Å². The summed E-state index contributed by atoms with van der Waals surface area (Å²) in [7, 11) is 0. The zero-order valence-electron chi connectivity index (χ0n) is 22.2. The van der Waals surface area contributed by atoms with Gasteiger partial charge in [0.15, 0.2) is 0 Å². The van der Waals surface area contributed by atoms with Crippen LogP contribution in [-0.2, 0) is 0 Å². The summed E-state index contributed by atoms with van der Waals surface area (Å²) in [4.78, 5) is 0. The summed E-state index contributed by atoms with van der Waals surface area (Å²) < 4.78 is 0. The third-order valence-electron chi connectivity index (χ3n) is 7.25. The van der Waals surface area contributed by atoms with Crippen molar-refractivity contribution in [3.63, 3.8) is 0 Å². The van der Waals surface area contributed by atoms with Crippen LogP contribution in [0, 0.1) is 5.41 Å². The molecule has 0 aliphatic carbocycles. The molecule has 2 N–H and O–H groups in total. The van der Waals surface area contributed by atoms with Crippen LogP contribution >= 0.6 is 0 Å². The number of allylic oxidation sites excluding steroid dienone is 2. The van der Waals surface area contributed by atoms with Crippen molar-refractivity contribution in [3.05, 3.63) is 12.2 Å². The Morgan fingerprint density at radius 3 is 1.23 bits per heavy atom. The largest absolute Gasteiger partial charge is 0.330 e. The zero-order valence-corrected chi connectivity index (χ0v) is 22.2. The van der Waals surface area contributed by atoms with Crippen LogP contribution < -0.4 is 5.73 Å². The average molecular weight is 436 g/mol. The van der Waals surface area contributed by atoms with E-state index in [1.165, 1.54) is 148 Å². The van der Waals surface area contributed by atoms with Crippen LogP contribution in [0.2, 0.25) is 0 Å². The second kappa shape index (κ2) is 24.3. The molecule has 0 amide bonds. The van der Waals surface area contributed by atoms with Crippen molar-refractivity contribution >= 4 is 0 Å². The van der Waals surface area contributed by atoms with Crippen LogP contribution in [-0.4, -0.2) is 6.54 Å². The molecule has 0 aromatic heterocycles. The fourth-order valence-electron chi connectivity index (χ4n) is 5.05. The molecule has 1 heteroatoms. The molecule has 186 valence electrons. The first-order valence-corrected chi connectivity index (χ1v) is 14.6. The maximum Gasteiger partial charge on any atom is -0.00773 e. The van der Waals surface area contributed by atoms with Gasteiger partial charge in [-0.1, -0.05) is 123 Å². The third-order valence-corrected chi connectivity index (χ3v) is 7.25. The molecule has 0 bridgehead atoms. The van der Waals surface area contributed by atoms with Crippen molar-refractivity contribution in [2.75, 3.05) is 6.54 Å². The minimum atomic E-state index is 0.676. The molecule has 0 atom stereocenters. The Bertz CT molecular complexity index is 338. The van der Waals surface area contributed by atoms with Crippen molar-refractivity contribution in [3.8, 4) is 0 Å². The van der Waals surface area contributed by atoms with Crippen LogP contribution in [0.15, 0.2) is 12.2 Å². The van der Waals surface area contributed by atoms with E-state index in [0.717, 1.165) is 6.54 Å². The van der Waals surface area contributed by atoms with Crippen molar-refractivity contribution in [1.82, 2.24) is 0 Å². The molecule has 0 aliphatic heterocycles. The first kappa shape index (κ1) is 30.7. The number of hydrogen-bond donors (Lipinski definition) is 1. The van der Waals surface area contributed by atoms with E-state index in [-0.39, 0.29) is 0 Å². The second-order valence-corrected chi connectivity index (χ2v) is 10.3. The van der Waals surface area contributed by atoms with E-state index in [1.807, 2.05) is 0 Å². The summed E-state index contributed by atoms with van der Waals surface area (Å²) in [6.07, 6.45) is 37.1. The van der Waals surface area contributed by atoms with Crippen LogP contribution in [0.4, 0.5) is 0 Å². The first-order chi connectivity index (χ1) is 15.2. The quantitative estimate of drug-likeness (QED) is 0.112. The van der Waals surface area contributed by atoms with Crippen molar-refractivity contribution < 1.29 is 0 Å². The van der Waals surface area contributed by atoms with E-state index >= 15 is 0 Å². The van der Waals surface area contributed by atoms with E-state index in [1.54, 1.807) is 0 Å². The van der Waals surface area contributed by atoms with Gasteiger partial charge in [-0.25, -0.2) is 0 Å². The fraction of sp³-hybridized carbons (Fsp3) is 0.933. The number of unbranched alkanes of at least 4 members (excludes halogenated alkanes) is 14. The van der Waals surface area contributed by atoms with Crippen molar-refractivity contribution in [2.45, 2.75) is 168 Å². The lowest BCUT2D eigenvalue weighted by molar-refractivity contribution is 0.176. The predicted octanol–water partition coefficient (Wildman–Crippen LogP) is 10.5. The lowest BCUT2D eigenvalue weighted by Crippen LogP contribution is -2.21. The summed E-state index contributed by atoms with van der Waals surface area (Å²) in [5.41, 5.74) is 6.21. The molecule has 0 spiro atoms. The summed E-state index contributed by atoms with van der Waals surface area (Å²) >= 11 is 0. The Labute approximate surface area is 198 Å². The molecule has 0 aliphatic rings. The normalized spacial score (nSPS) is 12.3. The van der Waals surface area contributed by atoms with Gasteiger partial charge in [0.25, 0.3) is 0 Å². The van der Waals surface area contributed by atoms with Gasteiger partial charge in [0.1, 0.15) is 0 Å². The average Bonchev–Trinajstić information content (AvgIpc) is 2.79. The second-order valence-electron chi connectivity index (χ2n) is 10.3. The molecule has 0 saturated heterocycles. The monoisotopic (exact) mass is 435 g/mol. The topological polar surface area (TPSA) is 26.0 Å². The molecule has 0 fully saturated rings. The third kappa shape index (κ3) is 20.1. The van der Waals surface area contributed by atoms with Gasteiger partial charge >= 0.3 is 0 Å². The van der Waals surface area contributed by atoms with E-state index in [4.69, 9.17) is 5.73 Å². The molecule has 0 aromatic carbocycles. The lowest BCUT2D eigenvalue weighted by atomic mass is 9.71. The van der Waals surface area contributed by atoms with E-state index in [0.29, 0.717) is 5.41 Å². The van der Waals surface area contributed by atoms with Crippen LogP contribution in [0.1, 0.15) is 168 Å². The summed E-state index contributed by atoms with van der Waals surface area (Å²) in [6, 6.07) is 0. The zero-order chi connectivity index (χ0) is 22.9. The van der Waals surface area contributed by atoms with Gasteiger partial charge in [-0.05, 0) is 69.7 Å². The van der Waals surface area contributed by atoms with Gasteiger partial charge in [-0.3, -0.25) is 0 Å². The Balaban J connectivity index is 3.81. The van der Waals surface area contributed by atoms with Crippen LogP contribution in [0.3, 0.4) is 0 Å². The highest BCUT2D eigenvalue weighted by atomic mass is 14.5. The number of rotatable bonds is 25. The van der Waals surface area contributed by atoms with Gasteiger partial charge in [-0.2, -0.15) is 0 Å². The molecular weight excluding hydrogens is 374 g/mol. The van der Waals surface area contributed by atoms with Crippen molar-refractivity contribution in [2.24, 2.45) is 11.1 Å². The van der Waals surface area contributed by atoms with E-state index < -0.39 is 0 Å². The van der Waals surface area contributed by atoms with Gasteiger partial charge in [-0.15, -0.1) is 0 Å². The van der Waals surface area contributed by atoms with Gasteiger partial charge in [0, 0.05) is 0 Å². The molecule has 0 unspecified atom stereocenters. The minimum Gasteiger partial charge on any atom is -0.330 e. The SMILES string of the molecule is CCCCC(CCCC)(CCCC)CCCCCCCC=CCCCCCCCCN. The molecule has 1 nitrogen and oxygen atoms in total. The molecule has 31 heavy (non-hydrogen) atoms. The highest BCUT2D eigenvalue weighted by Gasteiger charge is 2.27. The maximum atomic E-state index is 5.54. The van der Waals surface area contributed by atoms with Gasteiger partial charge in [0.05, 0.1) is 0 Å².